The van der Waals surface area contributed by atoms with Crippen molar-refractivity contribution in [2.75, 3.05) is 62.8 Å². The first-order valence-electron chi connectivity index (χ1n) is 19.9. The minimum Gasteiger partial charge on any atom is -0.494 e. The second-order valence-corrected chi connectivity index (χ2v) is 8.57. The van der Waals surface area contributed by atoms with Crippen LogP contribution in [0.2, 0.25) is 0 Å². The molecule has 212 valence electrons. The van der Waals surface area contributed by atoms with E-state index in [9.17, 15) is 4.79 Å². The summed E-state index contributed by atoms with van der Waals surface area (Å²) in [6.07, 6.45) is 3.58. The molecule has 0 atom stereocenters. The summed E-state index contributed by atoms with van der Waals surface area (Å²) in [4.78, 5) is 23.0. The molecule has 0 aliphatic carbocycles. The molecule has 3 heterocycles. The maximum Gasteiger partial charge on any atom is 0.247 e. The highest BCUT2D eigenvalue weighted by Gasteiger charge is 2.20. The molecule has 11 nitrogen and oxygen atoms in total. The Kier molecular flexibility index (Phi) is 4.38. The van der Waals surface area contributed by atoms with Crippen LogP contribution in [0.1, 0.15) is 27.5 Å². The monoisotopic (exact) mass is 570 g/mol. The third kappa shape index (κ3) is 6.53. The second-order valence-electron chi connectivity index (χ2n) is 8.57. The average molecular weight is 571 g/mol. The third-order valence-corrected chi connectivity index (χ3v) is 5.44. The fourth-order valence-electron chi connectivity index (χ4n) is 3.75. The Balaban J connectivity index is 1.68. The molecule has 0 saturated carbocycles. The first-order chi connectivity index (χ1) is 26.1. The number of ether oxygens (including phenoxy) is 2. The average Bonchev–Trinajstić information content (AvgIpc) is 3.48. The molecule has 1 fully saturated rings. The number of nitrogens with one attached hydrogen (secondary N) is 2. The molecule has 1 saturated heterocycles. The van der Waals surface area contributed by atoms with Crippen molar-refractivity contribution in [3.63, 3.8) is 0 Å². The van der Waals surface area contributed by atoms with Gasteiger partial charge in [0.15, 0.2) is 5.82 Å². The first kappa shape index (κ1) is 14.2. The number of anilines is 4. The molecule has 1 aliphatic rings. The van der Waals surface area contributed by atoms with Gasteiger partial charge >= 0.3 is 0 Å². The van der Waals surface area contributed by atoms with Crippen molar-refractivity contribution in [1.29, 1.82) is 0 Å². The largest absolute Gasteiger partial charge is 0.494 e. The van der Waals surface area contributed by atoms with Crippen molar-refractivity contribution in [2.24, 2.45) is 0 Å². The van der Waals surface area contributed by atoms with Crippen LogP contribution in [-0.4, -0.2) is 77.8 Å². The van der Waals surface area contributed by atoms with Gasteiger partial charge in [-0.05, 0) is 26.2 Å². The molecule has 0 spiro atoms. The second kappa shape index (κ2) is 12.6. The summed E-state index contributed by atoms with van der Waals surface area (Å²) in [5, 5.41) is 9.57. The fraction of sp³-hybridized carbons (Fsp3) is 0.267. The molecule has 0 unspecified atom stereocenters. The Morgan fingerprint density at radius 3 is 2.80 bits per heavy atom. The molecule has 5 rings (SSSR count). The lowest BCUT2D eigenvalue weighted by Gasteiger charge is -2.31. The molecule has 11 heteroatoms. The van der Waals surface area contributed by atoms with E-state index in [-0.39, 0.29) is 40.2 Å². The number of rotatable bonds is 10. The molecule has 41 heavy (non-hydrogen) atoms. The van der Waals surface area contributed by atoms with E-state index in [1.165, 1.54) is 23.1 Å². The molecule has 0 radical (unpaired) electrons. The summed E-state index contributed by atoms with van der Waals surface area (Å²) >= 11 is 0. The molecule has 2 aromatic heterocycles. The third-order valence-electron chi connectivity index (χ3n) is 5.44. The Morgan fingerprint density at radius 2 is 2.07 bits per heavy atom. The van der Waals surface area contributed by atoms with Crippen LogP contribution >= 0.6 is 0 Å². The topological polar surface area (TPSA) is 110 Å². The van der Waals surface area contributed by atoms with Crippen molar-refractivity contribution in [2.45, 2.75) is 6.54 Å². The first-order valence-corrected chi connectivity index (χ1v) is 11.9. The van der Waals surface area contributed by atoms with Crippen LogP contribution in [-0.2, 0) is 16.1 Å². The highest BCUT2D eigenvalue weighted by molar-refractivity contribution is 6.02. The normalized spacial score (nSPS) is 24.1. The number of carbonyl (C=O) groups excluding carboxylic acids is 1. The van der Waals surface area contributed by atoms with E-state index in [1.807, 2.05) is 0 Å². The van der Waals surface area contributed by atoms with E-state index in [0.717, 1.165) is 18.2 Å². The van der Waals surface area contributed by atoms with Crippen LogP contribution in [0.3, 0.4) is 0 Å². The number of aromatic nitrogens is 4. The van der Waals surface area contributed by atoms with E-state index < -0.39 is 86.4 Å². The van der Waals surface area contributed by atoms with E-state index in [4.69, 9.17) is 26.7 Å². The van der Waals surface area contributed by atoms with Gasteiger partial charge in [0, 0.05) is 55.2 Å². The Hall–Kier alpha value is -4.74. The van der Waals surface area contributed by atoms with Gasteiger partial charge in [-0.15, -0.1) is 0 Å². The Bertz CT molecular complexity index is 2190. The van der Waals surface area contributed by atoms with Gasteiger partial charge in [-0.3, -0.25) is 4.79 Å². The van der Waals surface area contributed by atoms with Crippen LogP contribution in [0.25, 0.3) is 17.1 Å². The zero-order chi connectivity index (χ0) is 42.8. The van der Waals surface area contributed by atoms with Gasteiger partial charge in [-0.2, -0.15) is 10.1 Å². The maximum absolute atomic E-state index is 12.6. The molecule has 0 bridgehead atoms. The van der Waals surface area contributed by atoms with Gasteiger partial charge in [0.25, 0.3) is 0 Å². The Morgan fingerprint density at radius 1 is 1.27 bits per heavy atom. The van der Waals surface area contributed by atoms with E-state index in [0.29, 0.717) is 5.56 Å². The molecular weight excluding hydrogens is 520 g/mol. The van der Waals surface area contributed by atoms with E-state index in [2.05, 4.69) is 37.0 Å². The lowest BCUT2D eigenvalue weighted by molar-refractivity contribution is -0.111. The van der Waals surface area contributed by atoms with Crippen LogP contribution in [0.4, 0.5) is 23.0 Å². The van der Waals surface area contributed by atoms with Crippen LogP contribution in [0.15, 0.2) is 73.5 Å². The van der Waals surface area contributed by atoms with Gasteiger partial charge in [0.2, 0.25) is 11.9 Å². The van der Waals surface area contributed by atoms with Gasteiger partial charge < -0.3 is 29.9 Å². The minimum absolute atomic E-state index is 0.0333. The van der Waals surface area contributed by atoms with Crippen molar-refractivity contribution in [1.82, 2.24) is 24.6 Å². The summed E-state index contributed by atoms with van der Waals surface area (Å²) in [5.74, 6) is -1.81. The minimum atomic E-state index is -3.51. The molecule has 4 aromatic rings. The quantitative estimate of drug-likeness (QED) is 0.272. The van der Waals surface area contributed by atoms with Crippen molar-refractivity contribution in [3.8, 4) is 22.8 Å². The Labute approximate surface area is 261 Å². The summed E-state index contributed by atoms with van der Waals surface area (Å²) in [6, 6.07) is 0.462. The molecular formula is C30H34N8O3. The number of amides is 1. The highest BCUT2D eigenvalue weighted by Crippen LogP contribution is 2.38. The highest BCUT2D eigenvalue weighted by atomic mass is 16.5. The summed E-state index contributed by atoms with van der Waals surface area (Å²) in [7, 11) is 0.283. The van der Waals surface area contributed by atoms with Crippen molar-refractivity contribution < 1.29 is 36.2 Å². The van der Waals surface area contributed by atoms with Gasteiger partial charge in [0.1, 0.15) is 5.75 Å². The molecule has 1 aliphatic heterocycles. The molecule has 2 aromatic carbocycles. The number of carbonyl (C=O) groups is 1. The van der Waals surface area contributed by atoms with Crippen LogP contribution in [0.5, 0.6) is 5.75 Å². The summed E-state index contributed by atoms with van der Waals surface area (Å²) in [6.45, 7) is -10.5. The summed E-state index contributed by atoms with van der Waals surface area (Å²) < 4.78 is 142. The van der Waals surface area contributed by atoms with Gasteiger partial charge in [-0.1, -0.05) is 36.8 Å². The van der Waals surface area contributed by atoms with E-state index in [1.54, 1.807) is 19.0 Å². The SMILES string of the molecule is [2H]c1c([2H])c([2H])c(-c2nn(-c3ccnc(Nc4cc(NC(=O)C=C)c(N5C([2H])([2H])C([2H])([2H])OC([2H])([2H])C5([2H])[2H])cc4OC([2H])([2H])[2H])n3)cc2CN(C)C)c([2H])c1[2H]. The number of hydrogen-bond donors (Lipinski definition) is 2. The molecule has 2 N–H and O–H groups in total. The zero-order valence-electron chi connectivity index (χ0n) is 37.8. The lowest BCUT2D eigenvalue weighted by Crippen LogP contribution is -2.36. The van der Waals surface area contributed by atoms with Crippen LogP contribution < -0.4 is 20.3 Å². The number of hydrogen-bond acceptors (Lipinski definition) is 9. The van der Waals surface area contributed by atoms with Gasteiger partial charge in [-0.25, -0.2) is 9.67 Å². The number of benzene rings is 2. The van der Waals surface area contributed by atoms with Gasteiger partial charge in [0.05, 0.1) is 64.8 Å². The maximum atomic E-state index is 12.6. The lowest BCUT2D eigenvalue weighted by atomic mass is 10.1. The van der Waals surface area contributed by atoms with Crippen molar-refractivity contribution in [3.05, 3.63) is 79.0 Å². The number of morpholine rings is 1. The van der Waals surface area contributed by atoms with Crippen molar-refractivity contribution >= 4 is 28.9 Å². The van der Waals surface area contributed by atoms with Crippen LogP contribution in [0, 0.1) is 0 Å². The predicted molar refractivity (Wildman–Crippen MR) is 160 cm³/mol. The zero-order valence-corrected chi connectivity index (χ0v) is 21.8. The smallest absolute Gasteiger partial charge is 0.247 e. The standard InChI is InChI=1S/C30H34N8O3/c1-5-28(39)32-23-17-24(26(40-4)18-25(23)37-13-15-41-16-14-37)33-30-31-12-11-27(34-30)38-20-22(19-36(2)3)29(35-38)21-9-7-6-8-10-21/h5-12,17-18,20H,1,13-16,19H2,2-4H3,(H,32,39)(H,31,33,34)/i4D3,6D,7D,8D,9D,10D,13D2,14D2,15D2,16D2. The van der Waals surface area contributed by atoms with E-state index >= 15 is 0 Å². The predicted octanol–water partition coefficient (Wildman–Crippen LogP) is 4.10. The summed E-state index contributed by atoms with van der Waals surface area (Å²) in [5.41, 5.74) is -1.21. The number of methoxy groups -OCH3 is 1. The number of nitrogens with zero attached hydrogens (tertiary/aromatic N) is 6. The molecule has 1 amide bonds. The fourth-order valence-corrected chi connectivity index (χ4v) is 3.75.